The van der Waals surface area contributed by atoms with Crippen LogP contribution in [-0.4, -0.2) is 61.9 Å². The second-order valence-electron chi connectivity index (χ2n) is 6.43. The van der Waals surface area contributed by atoms with E-state index in [-0.39, 0.29) is 23.9 Å². The smallest absolute Gasteiger partial charge is 0.251 e. The van der Waals surface area contributed by atoms with E-state index in [0.29, 0.717) is 31.2 Å². The Morgan fingerprint density at radius 1 is 1.15 bits per heavy atom. The van der Waals surface area contributed by atoms with Crippen LogP contribution in [-0.2, 0) is 4.79 Å². The van der Waals surface area contributed by atoms with Gasteiger partial charge in [0.2, 0.25) is 5.91 Å². The van der Waals surface area contributed by atoms with Gasteiger partial charge in [-0.05, 0) is 44.4 Å². The van der Waals surface area contributed by atoms with Gasteiger partial charge in [0, 0.05) is 38.3 Å². The average molecular weight is 377 g/mol. The fourth-order valence-electron chi connectivity index (χ4n) is 2.75. The number of nitrogens with zero attached hydrogens (tertiary/aromatic N) is 2. The zero-order chi connectivity index (χ0) is 19.6. The van der Waals surface area contributed by atoms with Crippen molar-refractivity contribution in [3.63, 3.8) is 0 Å². The minimum Gasteiger partial charge on any atom is -0.357 e. The first-order valence-electron chi connectivity index (χ1n) is 9.35. The van der Waals surface area contributed by atoms with Crippen molar-refractivity contribution in [3.05, 3.63) is 35.1 Å². The van der Waals surface area contributed by atoms with Crippen molar-refractivity contribution in [3.8, 4) is 0 Å². The van der Waals surface area contributed by atoms with Gasteiger partial charge in [0.05, 0.1) is 0 Å². The molecule has 148 valence electrons. The van der Waals surface area contributed by atoms with E-state index >= 15 is 0 Å². The van der Waals surface area contributed by atoms with E-state index in [4.69, 9.17) is 0 Å². The summed E-state index contributed by atoms with van der Waals surface area (Å²) in [5.74, 6) is -0.174. The molecule has 0 atom stereocenters. The highest BCUT2D eigenvalue weighted by Gasteiger charge is 2.17. The summed E-state index contributed by atoms with van der Waals surface area (Å²) in [4.78, 5) is 30.2. The van der Waals surface area contributed by atoms with Gasteiger partial charge in [-0.15, -0.1) is 0 Å². The predicted molar refractivity (Wildman–Crippen MR) is 103 cm³/mol. The molecule has 1 aliphatic heterocycles. The summed E-state index contributed by atoms with van der Waals surface area (Å²) in [5, 5.41) is 8.87. The highest BCUT2D eigenvalue weighted by molar-refractivity contribution is 5.94. The third kappa shape index (κ3) is 6.54. The summed E-state index contributed by atoms with van der Waals surface area (Å²) in [5.41, 5.74) is 0.790. The minimum atomic E-state index is -0.398. The number of hydrogen-bond donors (Lipinski definition) is 3. The van der Waals surface area contributed by atoms with Crippen LogP contribution in [0.5, 0.6) is 0 Å². The first kappa shape index (κ1) is 20.7. The lowest BCUT2D eigenvalue weighted by molar-refractivity contribution is -0.128. The Bertz CT molecular complexity index is 687. The molecule has 0 saturated carbocycles. The van der Waals surface area contributed by atoms with Gasteiger partial charge in [-0.25, -0.2) is 9.38 Å². The third-order valence-corrected chi connectivity index (χ3v) is 4.31. The van der Waals surface area contributed by atoms with Gasteiger partial charge in [0.15, 0.2) is 5.96 Å². The number of carbonyl (C=O) groups is 2. The third-order valence-electron chi connectivity index (χ3n) is 4.31. The zero-order valence-electron chi connectivity index (χ0n) is 16.0. The van der Waals surface area contributed by atoms with Gasteiger partial charge < -0.3 is 20.9 Å². The molecule has 0 spiro atoms. The molecule has 1 saturated heterocycles. The molecular formula is C19H28FN5O2. The number of hydrogen-bond acceptors (Lipinski definition) is 3. The molecule has 0 aromatic heterocycles. The van der Waals surface area contributed by atoms with Crippen molar-refractivity contribution in [1.29, 1.82) is 0 Å². The maximum Gasteiger partial charge on any atom is 0.251 e. The van der Waals surface area contributed by atoms with Crippen LogP contribution < -0.4 is 16.0 Å². The fourth-order valence-corrected chi connectivity index (χ4v) is 2.75. The maximum atomic E-state index is 13.5. The highest BCUT2D eigenvalue weighted by Crippen LogP contribution is 2.09. The van der Waals surface area contributed by atoms with Crippen LogP contribution >= 0.6 is 0 Å². The molecule has 27 heavy (non-hydrogen) atoms. The summed E-state index contributed by atoms with van der Waals surface area (Å²) in [7, 11) is 0. The van der Waals surface area contributed by atoms with Crippen molar-refractivity contribution >= 4 is 17.8 Å². The van der Waals surface area contributed by atoms with Crippen LogP contribution in [0.4, 0.5) is 4.39 Å². The normalized spacial score (nSPS) is 14.2. The summed E-state index contributed by atoms with van der Waals surface area (Å²) in [6.45, 7) is 6.75. The maximum absolute atomic E-state index is 13.5. The van der Waals surface area contributed by atoms with Gasteiger partial charge in [-0.1, -0.05) is 6.07 Å². The molecule has 0 aliphatic carbocycles. The number of halogens is 1. The van der Waals surface area contributed by atoms with Crippen molar-refractivity contribution in [2.75, 3.05) is 39.3 Å². The number of likely N-dealkylation sites (tertiary alicyclic amines) is 1. The second-order valence-corrected chi connectivity index (χ2v) is 6.43. The van der Waals surface area contributed by atoms with Crippen molar-refractivity contribution in [2.24, 2.45) is 4.99 Å². The van der Waals surface area contributed by atoms with Crippen molar-refractivity contribution in [2.45, 2.75) is 26.7 Å². The first-order chi connectivity index (χ1) is 13.0. The van der Waals surface area contributed by atoms with E-state index in [9.17, 15) is 14.0 Å². The molecule has 1 aromatic carbocycles. The topological polar surface area (TPSA) is 85.8 Å². The Hall–Kier alpha value is -2.64. The Kier molecular flexibility index (Phi) is 8.03. The number of guanidine groups is 1. The molecule has 2 amide bonds. The van der Waals surface area contributed by atoms with Gasteiger partial charge in [0.1, 0.15) is 12.4 Å². The molecule has 7 nitrogen and oxygen atoms in total. The second kappa shape index (κ2) is 10.5. The number of aliphatic imine (C=N–C) groups is 1. The SMILES string of the molecule is CCNC(=NCC(=O)N1CCCC1)NCCNC(=O)c1ccc(C)c(F)c1. The van der Waals surface area contributed by atoms with Crippen LogP contribution in [0.25, 0.3) is 0 Å². The zero-order valence-corrected chi connectivity index (χ0v) is 16.0. The quantitative estimate of drug-likeness (QED) is 0.377. The van der Waals surface area contributed by atoms with Crippen molar-refractivity contribution < 1.29 is 14.0 Å². The van der Waals surface area contributed by atoms with Crippen molar-refractivity contribution in [1.82, 2.24) is 20.9 Å². The Morgan fingerprint density at radius 3 is 2.52 bits per heavy atom. The van der Waals surface area contributed by atoms with E-state index in [1.165, 1.54) is 6.07 Å². The molecule has 0 radical (unpaired) electrons. The number of nitrogens with one attached hydrogen (secondary N) is 3. The minimum absolute atomic E-state index is 0.0272. The Labute approximate surface area is 159 Å². The fraction of sp³-hybridized carbons (Fsp3) is 0.526. The molecule has 3 N–H and O–H groups in total. The first-order valence-corrected chi connectivity index (χ1v) is 9.35. The Morgan fingerprint density at radius 2 is 1.85 bits per heavy atom. The molecule has 1 fully saturated rings. The molecule has 1 heterocycles. The summed E-state index contributed by atoms with van der Waals surface area (Å²) in [6, 6.07) is 4.40. The lowest BCUT2D eigenvalue weighted by atomic mass is 10.1. The van der Waals surface area contributed by atoms with Gasteiger partial charge in [-0.3, -0.25) is 9.59 Å². The van der Waals surface area contributed by atoms with E-state index in [0.717, 1.165) is 25.9 Å². The van der Waals surface area contributed by atoms with E-state index in [1.54, 1.807) is 19.1 Å². The molecule has 2 rings (SSSR count). The van der Waals surface area contributed by atoms with Crippen LogP contribution in [0.3, 0.4) is 0 Å². The van der Waals surface area contributed by atoms with Crippen LogP contribution in [0.15, 0.2) is 23.2 Å². The number of amides is 2. The van der Waals surface area contributed by atoms with E-state index in [1.807, 2.05) is 11.8 Å². The lowest BCUT2D eigenvalue weighted by Gasteiger charge is -2.15. The average Bonchev–Trinajstić information content (AvgIpc) is 3.19. The van der Waals surface area contributed by atoms with Crippen LogP contribution in [0, 0.1) is 12.7 Å². The van der Waals surface area contributed by atoms with Gasteiger partial charge >= 0.3 is 0 Å². The molecule has 1 aliphatic rings. The molecule has 1 aromatic rings. The molecular weight excluding hydrogens is 349 g/mol. The summed E-state index contributed by atoms with van der Waals surface area (Å²) < 4.78 is 13.5. The van der Waals surface area contributed by atoms with Crippen LogP contribution in [0.1, 0.15) is 35.7 Å². The lowest BCUT2D eigenvalue weighted by Crippen LogP contribution is -2.42. The molecule has 0 unspecified atom stereocenters. The predicted octanol–water partition coefficient (Wildman–Crippen LogP) is 1.04. The van der Waals surface area contributed by atoms with E-state index < -0.39 is 5.82 Å². The largest absolute Gasteiger partial charge is 0.357 e. The number of aryl methyl sites for hydroxylation is 1. The Balaban J connectivity index is 1.76. The standard InChI is InChI=1S/C19H28FN5O2/c1-3-21-19(24-13-17(26)25-10-4-5-11-25)23-9-8-22-18(27)15-7-6-14(2)16(20)12-15/h6-7,12H,3-5,8-11,13H2,1-2H3,(H,22,27)(H2,21,23,24). The summed E-state index contributed by atoms with van der Waals surface area (Å²) >= 11 is 0. The van der Waals surface area contributed by atoms with Gasteiger partial charge in [-0.2, -0.15) is 0 Å². The number of carbonyl (C=O) groups excluding carboxylic acids is 2. The molecule has 8 heteroatoms. The van der Waals surface area contributed by atoms with E-state index in [2.05, 4.69) is 20.9 Å². The number of rotatable bonds is 7. The molecule has 0 bridgehead atoms. The van der Waals surface area contributed by atoms with Crippen LogP contribution in [0.2, 0.25) is 0 Å². The van der Waals surface area contributed by atoms with Gasteiger partial charge in [0.25, 0.3) is 5.91 Å². The number of benzene rings is 1. The highest BCUT2D eigenvalue weighted by atomic mass is 19.1. The monoisotopic (exact) mass is 377 g/mol. The summed E-state index contributed by atoms with van der Waals surface area (Å²) in [6.07, 6.45) is 2.11.